The molecule has 0 bridgehead atoms. The van der Waals surface area contributed by atoms with E-state index in [-0.39, 0.29) is 6.61 Å². The van der Waals surface area contributed by atoms with Gasteiger partial charge in [0.15, 0.2) is 13.2 Å². The van der Waals surface area contributed by atoms with Gasteiger partial charge in [-0.2, -0.15) is 5.10 Å². The van der Waals surface area contributed by atoms with E-state index < -0.39 is 18.5 Å². The molecular weight excluding hydrogens is 352 g/mol. The molecule has 2 aromatic carbocycles. The SMILES string of the molecule is COc1ccc(OCC(=O)N/N=C(/C)c2ccc(OCC(=O)O)cc2)cc1. The van der Waals surface area contributed by atoms with Crippen molar-refractivity contribution >= 4 is 17.6 Å². The fourth-order valence-electron chi connectivity index (χ4n) is 2.00. The maximum Gasteiger partial charge on any atom is 0.341 e. The first-order valence-corrected chi connectivity index (χ1v) is 8.03. The van der Waals surface area contributed by atoms with Gasteiger partial charge in [-0.15, -0.1) is 0 Å². The molecule has 2 N–H and O–H groups in total. The lowest BCUT2D eigenvalue weighted by Gasteiger charge is -2.07. The lowest BCUT2D eigenvalue weighted by molar-refractivity contribution is -0.139. The third kappa shape index (κ3) is 6.69. The van der Waals surface area contributed by atoms with Crippen molar-refractivity contribution in [2.24, 2.45) is 5.10 Å². The Morgan fingerprint density at radius 1 is 0.926 bits per heavy atom. The van der Waals surface area contributed by atoms with Gasteiger partial charge in [-0.3, -0.25) is 4.79 Å². The maximum atomic E-state index is 11.8. The van der Waals surface area contributed by atoms with Crippen LogP contribution in [0.1, 0.15) is 12.5 Å². The molecule has 0 spiro atoms. The molecule has 0 saturated heterocycles. The Labute approximate surface area is 156 Å². The van der Waals surface area contributed by atoms with Crippen molar-refractivity contribution in [3.8, 4) is 17.2 Å². The Morgan fingerprint density at radius 3 is 2.00 bits per heavy atom. The van der Waals surface area contributed by atoms with Crippen molar-refractivity contribution in [2.45, 2.75) is 6.92 Å². The number of carbonyl (C=O) groups is 2. The Bertz CT molecular complexity index is 800. The van der Waals surface area contributed by atoms with Crippen molar-refractivity contribution in [3.05, 3.63) is 54.1 Å². The van der Waals surface area contributed by atoms with Crippen molar-refractivity contribution in [3.63, 3.8) is 0 Å². The quantitative estimate of drug-likeness (QED) is 0.516. The fraction of sp³-hybridized carbons (Fsp3) is 0.211. The summed E-state index contributed by atoms with van der Waals surface area (Å²) in [5, 5.41) is 12.6. The molecule has 142 valence electrons. The first kappa shape index (κ1) is 19.8. The van der Waals surface area contributed by atoms with Gasteiger partial charge in [0.05, 0.1) is 12.8 Å². The number of hydrazone groups is 1. The summed E-state index contributed by atoms with van der Waals surface area (Å²) in [5.74, 6) is 0.240. The summed E-state index contributed by atoms with van der Waals surface area (Å²) in [6.07, 6.45) is 0. The summed E-state index contributed by atoms with van der Waals surface area (Å²) < 4.78 is 15.5. The average molecular weight is 372 g/mol. The first-order chi connectivity index (χ1) is 13.0. The van der Waals surface area contributed by atoms with Crippen molar-refractivity contribution in [1.82, 2.24) is 5.43 Å². The minimum Gasteiger partial charge on any atom is -0.497 e. The molecule has 0 atom stereocenters. The van der Waals surface area contributed by atoms with Crippen LogP contribution in [0.4, 0.5) is 0 Å². The van der Waals surface area contributed by atoms with Gasteiger partial charge in [-0.1, -0.05) is 0 Å². The highest BCUT2D eigenvalue weighted by Gasteiger charge is 2.04. The van der Waals surface area contributed by atoms with Crippen molar-refractivity contribution in [2.75, 3.05) is 20.3 Å². The van der Waals surface area contributed by atoms with Crippen LogP contribution in [0.3, 0.4) is 0 Å². The number of hydrogen-bond donors (Lipinski definition) is 2. The third-order valence-corrected chi connectivity index (χ3v) is 3.41. The molecule has 2 rings (SSSR count). The van der Waals surface area contributed by atoms with Gasteiger partial charge in [0.2, 0.25) is 0 Å². The van der Waals surface area contributed by atoms with Gasteiger partial charge in [-0.05, 0) is 61.0 Å². The van der Waals surface area contributed by atoms with E-state index in [1.165, 1.54) is 0 Å². The van der Waals surface area contributed by atoms with Crippen LogP contribution in [0.15, 0.2) is 53.6 Å². The standard InChI is InChI=1S/C19H20N2O6/c1-13(14-3-5-16(6-4-14)27-12-19(23)24)20-21-18(22)11-26-17-9-7-15(25-2)8-10-17/h3-10H,11-12H2,1-2H3,(H,21,22)(H,23,24)/b20-13-. The molecule has 2 aromatic rings. The molecule has 0 aromatic heterocycles. The highest BCUT2D eigenvalue weighted by molar-refractivity contribution is 5.99. The van der Waals surface area contributed by atoms with Gasteiger partial charge < -0.3 is 19.3 Å². The van der Waals surface area contributed by atoms with E-state index in [0.717, 1.165) is 5.56 Å². The summed E-state index contributed by atoms with van der Waals surface area (Å²) in [5.41, 5.74) is 3.76. The van der Waals surface area contributed by atoms with E-state index in [9.17, 15) is 9.59 Å². The molecular formula is C19H20N2O6. The molecule has 27 heavy (non-hydrogen) atoms. The fourth-order valence-corrected chi connectivity index (χ4v) is 2.00. The van der Waals surface area contributed by atoms with Gasteiger partial charge in [-0.25, -0.2) is 10.2 Å². The third-order valence-electron chi connectivity index (χ3n) is 3.41. The number of carboxylic acids is 1. The highest BCUT2D eigenvalue weighted by Crippen LogP contribution is 2.16. The van der Waals surface area contributed by atoms with Gasteiger partial charge >= 0.3 is 5.97 Å². The second-order valence-electron chi connectivity index (χ2n) is 5.40. The number of hydrogen-bond acceptors (Lipinski definition) is 6. The Morgan fingerprint density at radius 2 is 1.44 bits per heavy atom. The predicted molar refractivity (Wildman–Crippen MR) is 98.4 cm³/mol. The monoisotopic (exact) mass is 372 g/mol. The molecule has 0 heterocycles. The lowest BCUT2D eigenvalue weighted by Crippen LogP contribution is -2.25. The Hall–Kier alpha value is -3.55. The van der Waals surface area contributed by atoms with Crippen LogP contribution in [0.2, 0.25) is 0 Å². The van der Waals surface area contributed by atoms with Crippen LogP contribution in [-0.4, -0.2) is 43.0 Å². The summed E-state index contributed by atoms with van der Waals surface area (Å²) in [6, 6.07) is 13.6. The molecule has 0 aliphatic heterocycles. The summed E-state index contributed by atoms with van der Waals surface area (Å²) in [7, 11) is 1.57. The number of ether oxygens (including phenoxy) is 3. The number of nitrogens with zero attached hydrogens (tertiary/aromatic N) is 1. The van der Waals surface area contributed by atoms with E-state index in [4.69, 9.17) is 19.3 Å². The molecule has 0 unspecified atom stereocenters. The molecule has 0 fully saturated rings. The first-order valence-electron chi connectivity index (χ1n) is 8.03. The zero-order valence-corrected chi connectivity index (χ0v) is 15.0. The van der Waals surface area contributed by atoms with E-state index in [1.54, 1.807) is 62.6 Å². The van der Waals surface area contributed by atoms with Crippen LogP contribution < -0.4 is 19.6 Å². The highest BCUT2D eigenvalue weighted by atomic mass is 16.5. The van der Waals surface area contributed by atoms with E-state index in [0.29, 0.717) is 23.0 Å². The number of benzene rings is 2. The number of amides is 1. The number of carbonyl (C=O) groups excluding carboxylic acids is 1. The normalized spacial score (nSPS) is 10.8. The second-order valence-corrected chi connectivity index (χ2v) is 5.40. The van der Waals surface area contributed by atoms with Crippen molar-refractivity contribution < 1.29 is 28.9 Å². The number of carboxylic acid groups (broad SMARTS) is 1. The van der Waals surface area contributed by atoms with Gasteiger partial charge in [0, 0.05) is 0 Å². The zero-order valence-electron chi connectivity index (χ0n) is 15.0. The van der Waals surface area contributed by atoms with Gasteiger partial charge in [0.1, 0.15) is 17.2 Å². The number of nitrogens with one attached hydrogen (secondary N) is 1. The summed E-state index contributed by atoms with van der Waals surface area (Å²) in [4.78, 5) is 22.3. The van der Waals surface area contributed by atoms with Crippen molar-refractivity contribution in [1.29, 1.82) is 0 Å². The molecule has 1 amide bonds. The summed E-state index contributed by atoms with van der Waals surface area (Å²) >= 11 is 0. The van der Waals surface area contributed by atoms with E-state index >= 15 is 0 Å². The number of aliphatic carboxylic acids is 1. The largest absolute Gasteiger partial charge is 0.497 e. The zero-order chi connectivity index (χ0) is 19.6. The minimum absolute atomic E-state index is 0.176. The lowest BCUT2D eigenvalue weighted by atomic mass is 10.1. The second kappa shape index (κ2) is 9.81. The molecule has 8 heteroatoms. The molecule has 8 nitrogen and oxygen atoms in total. The van der Waals surface area contributed by atoms with Crippen LogP contribution in [0.25, 0.3) is 0 Å². The van der Waals surface area contributed by atoms with Crippen LogP contribution in [0.5, 0.6) is 17.2 Å². The Kier molecular flexibility index (Phi) is 7.18. The Balaban J connectivity index is 1.82. The minimum atomic E-state index is -1.05. The molecule has 0 saturated carbocycles. The number of methoxy groups -OCH3 is 1. The maximum absolute atomic E-state index is 11.8. The van der Waals surface area contributed by atoms with E-state index in [2.05, 4.69) is 10.5 Å². The molecule has 0 radical (unpaired) electrons. The van der Waals surface area contributed by atoms with E-state index in [1.807, 2.05) is 0 Å². The predicted octanol–water partition coefficient (Wildman–Crippen LogP) is 2.08. The van der Waals surface area contributed by atoms with Crippen LogP contribution >= 0.6 is 0 Å². The molecule has 0 aliphatic rings. The average Bonchev–Trinajstić information content (AvgIpc) is 2.69. The summed E-state index contributed by atoms with van der Waals surface area (Å²) in [6.45, 7) is 1.15. The van der Waals surface area contributed by atoms with Crippen LogP contribution in [-0.2, 0) is 9.59 Å². The van der Waals surface area contributed by atoms with Crippen LogP contribution in [0, 0.1) is 0 Å². The smallest absolute Gasteiger partial charge is 0.341 e. The van der Waals surface area contributed by atoms with Gasteiger partial charge in [0.25, 0.3) is 5.91 Å². The number of rotatable bonds is 9. The topological polar surface area (TPSA) is 106 Å². The molecule has 0 aliphatic carbocycles.